The molecule has 0 aliphatic carbocycles. The standard InChI is InChI=1S/C9H9ClN4/c1-6-8(4-3-5-11-6)14-7(2)12-13-9(14)10/h3-5H,1-2H3. The number of aromatic nitrogens is 4. The maximum Gasteiger partial charge on any atom is 0.229 e. The minimum absolute atomic E-state index is 0.360. The normalized spacial score (nSPS) is 10.5. The summed E-state index contributed by atoms with van der Waals surface area (Å²) in [4.78, 5) is 4.18. The highest BCUT2D eigenvalue weighted by molar-refractivity contribution is 6.28. The Kier molecular flexibility index (Phi) is 2.21. The molecule has 0 aromatic carbocycles. The van der Waals surface area contributed by atoms with Crippen molar-refractivity contribution >= 4 is 11.6 Å². The van der Waals surface area contributed by atoms with Gasteiger partial charge in [0.25, 0.3) is 0 Å². The van der Waals surface area contributed by atoms with Crippen LogP contribution in [0, 0.1) is 13.8 Å². The highest BCUT2D eigenvalue weighted by atomic mass is 35.5. The number of rotatable bonds is 1. The fourth-order valence-corrected chi connectivity index (χ4v) is 1.57. The molecule has 0 bridgehead atoms. The summed E-state index contributed by atoms with van der Waals surface area (Å²) < 4.78 is 1.77. The Morgan fingerprint density at radius 3 is 2.64 bits per heavy atom. The molecule has 0 radical (unpaired) electrons. The van der Waals surface area contributed by atoms with E-state index in [9.17, 15) is 0 Å². The Labute approximate surface area is 86.6 Å². The lowest BCUT2D eigenvalue weighted by molar-refractivity contribution is 0.945. The van der Waals surface area contributed by atoms with Crippen molar-refractivity contribution in [3.63, 3.8) is 0 Å². The van der Waals surface area contributed by atoms with E-state index in [-0.39, 0.29) is 0 Å². The first-order valence-electron chi connectivity index (χ1n) is 4.19. The zero-order valence-electron chi connectivity index (χ0n) is 7.90. The Morgan fingerprint density at radius 1 is 1.29 bits per heavy atom. The van der Waals surface area contributed by atoms with Crippen LogP contribution < -0.4 is 0 Å². The van der Waals surface area contributed by atoms with Gasteiger partial charge in [-0.2, -0.15) is 0 Å². The van der Waals surface area contributed by atoms with Crippen molar-refractivity contribution in [2.45, 2.75) is 13.8 Å². The van der Waals surface area contributed by atoms with Crippen LogP contribution in [0.4, 0.5) is 0 Å². The molecule has 2 heterocycles. The Bertz CT molecular complexity index is 444. The van der Waals surface area contributed by atoms with Crippen LogP contribution in [0.5, 0.6) is 0 Å². The summed E-state index contributed by atoms with van der Waals surface area (Å²) in [7, 11) is 0. The van der Waals surface area contributed by atoms with E-state index in [4.69, 9.17) is 11.6 Å². The molecule has 0 amide bonds. The molecule has 0 spiro atoms. The van der Waals surface area contributed by atoms with E-state index in [0.29, 0.717) is 5.28 Å². The summed E-state index contributed by atoms with van der Waals surface area (Å²) in [5, 5.41) is 8.03. The second-order valence-electron chi connectivity index (χ2n) is 2.96. The van der Waals surface area contributed by atoms with Gasteiger partial charge in [0.2, 0.25) is 5.28 Å². The molecule has 2 aromatic heterocycles. The van der Waals surface area contributed by atoms with Crippen molar-refractivity contribution in [2.24, 2.45) is 0 Å². The molecule has 0 saturated carbocycles. The van der Waals surface area contributed by atoms with Crippen LogP contribution in [0.25, 0.3) is 5.69 Å². The average Bonchev–Trinajstić information content (AvgIpc) is 2.48. The second kappa shape index (κ2) is 3.38. The fourth-order valence-electron chi connectivity index (χ4n) is 1.32. The summed E-state index contributed by atoms with van der Waals surface area (Å²) >= 11 is 5.91. The molecule has 0 saturated heterocycles. The molecule has 0 aliphatic rings. The predicted molar refractivity (Wildman–Crippen MR) is 53.6 cm³/mol. The first-order chi connectivity index (χ1) is 6.70. The molecule has 0 unspecified atom stereocenters. The molecule has 2 aromatic rings. The third kappa shape index (κ3) is 1.37. The van der Waals surface area contributed by atoms with Crippen molar-refractivity contribution in [2.75, 3.05) is 0 Å². The average molecular weight is 209 g/mol. The summed E-state index contributed by atoms with van der Waals surface area (Å²) in [5.74, 6) is 0.756. The highest BCUT2D eigenvalue weighted by Gasteiger charge is 2.10. The maximum absolute atomic E-state index is 5.91. The lowest BCUT2D eigenvalue weighted by Gasteiger charge is -2.06. The van der Waals surface area contributed by atoms with Gasteiger partial charge in [-0.05, 0) is 37.6 Å². The summed E-state index contributed by atoms with van der Waals surface area (Å²) in [5.41, 5.74) is 1.82. The largest absolute Gasteiger partial charge is 0.268 e. The monoisotopic (exact) mass is 208 g/mol. The summed E-state index contributed by atoms with van der Waals surface area (Å²) in [6.07, 6.45) is 1.74. The van der Waals surface area contributed by atoms with E-state index in [1.54, 1.807) is 10.8 Å². The molecule has 2 rings (SSSR count). The van der Waals surface area contributed by atoms with Gasteiger partial charge in [-0.1, -0.05) is 0 Å². The number of pyridine rings is 1. The first-order valence-corrected chi connectivity index (χ1v) is 4.57. The van der Waals surface area contributed by atoms with Gasteiger partial charge >= 0.3 is 0 Å². The smallest absolute Gasteiger partial charge is 0.229 e. The SMILES string of the molecule is Cc1ncccc1-n1c(C)nnc1Cl. The van der Waals surface area contributed by atoms with Crippen molar-refractivity contribution in [1.82, 2.24) is 19.7 Å². The van der Waals surface area contributed by atoms with Crippen LogP contribution in [0.15, 0.2) is 18.3 Å². The van der Waals surface area contributed by atoms with Crippen molar-refractivity contribution in [1.29, 1.82) is 0 Å². The van der Waals surface area contributed by atoms with E-state index in [2.05, 4.69) is 15.2 Å². The van der Waals surface area contributed by atoms with Gasteiger partial charge in [0.15, 0.2) is 0 Å². The molecule has 0 aliphatic heterocycles. The zero-order valence-corrected chi connectivity index (χ0v) is 8.65. The molecule has 4 nitrogen and oxygen atoms in total. The van der Waals surface area contributed by atoms with Gasteiger partial charge in [-0.3, -0.25) is 9.55 Å². The second-order valence-corrected chi connectivity index (χ2v) is 3.30. The molecular weight excluding hydrogens is 200 g/mol. The van der Waals surface area contributed by atoms with E-state index in [1.807, 2.05) is 26.0 Å². The number of nitrogens with zero attached hydrogens (tertiary/aromatic N) is 4. The van der Waals surface area contributed by atoms with Crippen molar-refractivity contribution < 1.29 is 0 Å². The quantitative estimate of drug-likeness (QED) is 0.719. The van der Waals surface area contributed by atoms with Crippen LogP contribution in [0.1, 0.15) is 11.5 Å². The molecule has 72 valence electrons. The lowest BCUT2D eigenvalue weighted by Crippen LogP contribution is -2.00. The van der Waals surface area contributed by atoms with Gasteiger partial charge in [0, 0.05) is 6.20 Å². The molecule has 0 N–H and O–H groups in total. The van der Waals surface area contributed by atoms with Crippen molar-refractivity contribution in [3.05, 3.63) is 35.1 Å². The molecule has 5 heteroatoms. The number of hydrogen-bond acceptors (Lipinski definition) is 3. The van der Waals surface area contributed by atoms with Crippen LogP contribution in [-0.4, -0.2) is 19.7 Å². The van der Waals surface area contributed by atoms with E-state index < -0.39 is 0 Å². The van der Waals surface area contributed by atoms with Gasteiger partial charge in [0.1, 0.15) is 5.82 Å². The minimum atomic E-state index is 0.360. The van der Waals surface area contributed by atoms with E-state index in [0.717, 1.165) is 17.2 Å². The fraction of sp³-hybridized carbons (Fsp3) is 0.222. The van der Waals surface area contributed by atoms with Gasteiger partial charge in [0.05, 0.1) is 11.4 Å². The van der Waals surface area contributed by atoms with Crippen LogP contribution >= 0.6 is 11.6 Å². The molecule has 14 heavy (non-hydrogen) atoms. The van der Waals surface area contributed by atoms with Crippen LogP contribution in [0.2, 0.25) is 5.28 Å². The number of halogens is 1. The third-order valence-electron chi connectivity index (χ3n) is 2.01. The van der Waals surface area contributed by atoms with Gasteiger partial charge in [-0.15, -0.1) is 10.2 Å². The molecule has 0 atom stereocenters. The summed E-state index contributed by atoms with van der Waals surface area (Å²) in [6.45, 7) is 3.77. The molecule has 0 fully saturated rings. The molecular formula is C9H9ClN4. The lowest BCUT2D eigenvalue weighted by atomic mass is 10.3. The predicted octanol–water partition coefficient (Wildman–Crippen LogP) is 1.93. The van der Waals surface area contributed by atoms with E-state index in [1.165, 1.54) is 0 Å². The summed E-state index contributed by atoms with van der Waals surface area (Å²) in [6, 6.07) is 3.79. The first kappa shape index (κ1) is 9.15. The minimum Gasteiger partial charge on any atom is -0.268 e. The highest BCUT2D eigenvalue weighted by Crippen LogP contribution is 2.17. The number of hydrogen-bond donors (Lipinski definition) is 0. The Morgan fingerprint density at radius 2 is 2.07 bits per heavy atom. The van der Waals surface area contributed by atoms with Crippen molar-refractivity contribution in [3.8, 4) is 5.69 Å². The van der Waals surface area contributed by atoms with Crippen LogP contribution in [-0.2, 0) is 0 Å². The maximum atomic E-state index is 5.91. The van der Waals surface area contributed by atoms with Crippen LogP contribution in [0.3, 0.4) is 0 Å². The van der Waals surface area contributed by atoms with Gasteiger partial charge < -0.3 is 0 Å². The van der Waals surface area contributed by atoms with Gasteiger partial charge in [-0.25, -0.2) is 0 Å². The zero-order chi connectivity index (χ0) is 10.1. The Balaban J connectivity index is 2.66. The third-order valence-corrected chi connectivity index (χ3v) is 2.25. The van der Waals surface area contributed by atoms with E-state index >= 15 is 0 Å². The number of aryl methyl sites for hydroxylation is 2. The Hall–Kier alpha value is -1.42. The topological polar surface area (TPSA) is 43.6 Å².